The maximum absolute atomic E-state index is 10.4. The van der Waals surface area contributed by atoms with E-state index in [1.165, 1.54) is 0 Å². The van der Waals surface area contributed by atoms with Gasteiger partial charge in [-0.1, -0.05) is 30.3 Å². The highest BCUT2D eigenvalue weighted by Gasteiger charge is 2.15. The van der Waals surface area contributed by atoms with Gasteiger partial charge >= 0.3 is 17.8 Å². The van der Waals surface area contributed by atoms with Crippen molar-refractivity contribution < 1.29 is 19.5 Å². The Morgan fingerprint density at radius 2 is 1.65 bits per heavy atom. The van der Waals surface area contributed by atoms with E-state index in [1.54, 1.807) is 0 Å². The van der Waals surface area contributed by atoms with Crippen molar-refractivity contribution in [3.63, 3.8) is 0 Å². The zero-order valence-corrected chi connectivity index (χ0v) is 10.8. The topological polar surface area (TPSA) is 122 Å². The van der Waals surface area contributed by atoms with Gasteiger partial charge in [0.15, 0.2) is 0 Å². The second-order valence-electron chi connectivity index (χ2n) is 4.15. The van der Waals surface area contributed by atoms with Crippen LogP contribution in [0.3, 0.4) is 0 Å². The van der Waals surface area contributed by atoms with E-state index in [1.807, 2.05) is 30.3 Å². The number of carbonyl (C=O) groups is 3. The summed E-state index contributed by atoms with van der Waals surface area (Å²) in [7, 11) is 0. The van der Waals surface area contributed by atoms with Gasteiger partial charge in [0.1, 0.15) is 6.04 Å². The average molecular weight is 279 g/mol. The molecule has 1 aliphatic heterocycles. The Balaban J connectivity index is 0.000000217. The van der Waals surface area contributed by atoms with Crippen LogP contribution in [0.15, 0.2) is 30.3 Å². The molecule has 108 valence electrons. The van der Waals surface area contributed by atoms with E-state index in [4.69, 9.17) is 10.8 Å². The van der Waals surface area contributed by atoms with Crippen LogP contribution in [-0.2, 0) is 20.8 Å². The molecule has 0 saturated carbocycles. The standard InChI is InChI=1S/C9H11NO2.C4H6N2O2/c10-8(9(11)12)6-7-4-2-1-3-5-7;7-3-4(8)6-2-1-5-3/h1-5,8H,6,10H2,(H,11,12);1-2H2,(H,5,7)(H,6,8). The second kappa shape index (κ2) is 7.90. The monoisotopic (exact) mass is 279 g/mol. The van der Waals surface area contributed by atoms with Gasteiger partial charge in [0.2, 0.25) is 0 Å². The molecular weight excluding hydrogens is 262 g/mol. The Labute approximate surface area is 116 Å². The first-order valence-electron chi connectivity index (χ1n) is 6.09. The molecule has 0 aliphatic carbocycles. The van der Waals surface area contributed by atoms with Crippen molar-refractivity contribution in [1.29, 1.82) is 0 Å². The van der Waals surface area contributed by atoms with E-state index in [-0.39, 0.29) is 0 Å². The Bertz CT molecular complexity index is 460. The summed E-state index contributed by atoms with van der Waals surface area (Å²) in [5.41, 5.74) is 6.30. The van der Waals surface area contributed by atoms with Crippen molar-refractivity contribution in [2.24, 2.45) is 5.73 Å². The number of rotatable bonds is 3. The van der Waals surface area contributed by atoms with Crippen LogP contribution in [-0.4, -0.2) is 42.0 Å². The highest BCUT2D eigenvalue weighted by molar-refractivity contribution is 6.35. The predicted molar refractivity (Wildman–Crippen MR) is 71.8 cm³/mol. The summed E-state index contributed by atoms with van der Waals surface area (Å²) in [6.45, 7) is 1.09. The number of carbonyl (C=O) groups excluding carboxylic acids is 2. The fraction of sp³-hybridized carbons (Fsp3) is 0.308. The lowest BCUT2D eigenvalue weighted by Gasteiger charge is -2.10. The van der Waals surface area contributed by atoms with Crippen LogP contribution in [0.2, 0.25) is 0 Å². The zero-order valence-electron chi connectivity index (χ0n) is 10.8. The van der Waals surface area contributed by atoms with Gasteiger partial charge in [0.05, 0.1) is 0 Å². The largest absolute Gasteiger partial charge is 0.480 e. The Morgan fingerprint density at radius 1 is 1.15 bits per heavy atom. The van der Waals surface area contributed by atoms with E-state index in [9.17, 15) is 14.4 Å². The highest BCUT2D eigenvalue weighted by atomic mass is 16.4. The number of hydrogen-bond donors (Lipinski definition) is 4. The van der Waals surface area contributed by atoms with Crippen molar-refractivity contribution in [3.05, 3.63) is 35.9 Å². The normalized spacial score (nSPS) is 15.2. The van der Waals surface area contributed by atoms with E-state index in [0.29, 0.717) is 19.5 Å². The SMILES string of the molecule is NC(Cc1ccccc1)C(=O)O.O=C1NCCNC1=O. The number of amides is 2. The van der Waals surface area contributed by atoms with Gasteiger partial charge < -0.3 is 21.5 Å². The maximum Gasteiger partial charge on any atom is 0.320 e. The second-order valence-corrected chi connectivity index (χ2v) is 4.15. The molecule has 0 aromatic heterocycles. The fourth-order valence-electron chi connectivity index (χ4n) is 1.47. The molecule has 0 bridgehead atoms. The smallest absolute Gasteiger partial charge is 0.320 e. The summed E-state index contributed by atoms with van der Waals surface area (Å²) < 4.78 is 0. The molecule has 0 spiro atoms. The van der Waals surface area contributed by atoms with Crippen LogP contribution in [0.25, 0.3) is 0 Å². The predicted octanol–water partition coefficient (Wildman–Crippen LogP) is -1.13. The Hall–Kier alpha value is -2.41. The summed E-state index contributed by atoms with van der Waals surface area (Å²) in [5.74, 6) is -2.02. The number of carboxylic acids is 1. The summed E-state index contributed by atoms with van der Waals surface area (Å²) in [4.78, 5) is 30.9. The van der Waals surface area contributed by atoms with Crippen molar-refractivity contribution in [2.45, 2.75) is 12.5 Å². The maximum atomic E-state index is 10.4. The minimum Gasteiger partial charge on any atom is -0.480 e. The van der Waals surface area contributed by atoms with Crippen LogP contribution in [0.1, 0.15) is 5.56 Å². The van der Waals surface area contributed by atoms with Crippen molar-refractivity contribution in [3.8, 4) is 0 Å². The third-order valence-corrected chi connectivity index (χ3v) is 2.52. The van der Waals surface area contributed by atoms with Gasteiger partial charge in [-0.2, -0.15) is 0 Å². The lowest BCUT2D eigenvalue weighted by atomic mass is 10.1. The van der Waals surface area contributed by atoms with Gasteiger partial charge in [0, 0.05) is 13.1 Å². The molecule has 2 rings (SSSR count). The molecule has 1 fully saturated rings. The van der Waals surface area contributed by atoms with Crippen molar-refractivity contribution in [1.82, 2.24) is 10.6 Å². The quantitative estimate of drug-likeness (QED) is 0.522. The Kier molecular flexibility index (Phi) is 6.18. The van der Waals surface area contributed by atoms with Crippen LogP contribution in [0.4, 0.5) is 0 Å². The third kappa shape index (κ3) is 5.49. The summed E-state index contributed by atoms with van der Waals surface area (Å²) in [5, 5.41) is 13.3. The van der Waals surface area contributed by atoms with Crippen LogP contribution in [0, 0.1) is 0 Å². The van der Waals surface area contributed by atoms with Gasteiger partial charge in [-0.25, -0.2) is 0 Å². The summed E-state index contributed by atoms with van der Waals surface area (Å²) in [6.07, 6.45) is 0.385. The molecular formula is C13H17N3O4. The minimum absolute atomic E-state index is 0.385. The zero-order chi connectivity index (χ0) is 15.0. The van der Waals surface area contributed by atoms with Gasteiger partial charge in [0.25, 0.3) is 0 Å². The lowest BCUT2D eigenvalue weighted by molar-refractivity contribution is -0.140. The lowest BCUT2D eigenvalue weighted by Crippen LogP contribution is -2.49. The molecule has 1 heterocycles. The van der Waals surface area contributed by atoms with E-state index in [2.05, 4.69) is 10.6 Å². The number of hydrogen-bond acceptors (Lipinski definition) is 4. The first kappa shape index (κ1) is 15.6. The summed E-state index contributed by atoms with van der Waals surface area (Å²) >= 11 is 0. The van der Waals surface area contributed by atoms with E-state index < -0.39 is 23.8 Å². The molecule has 1 unspecified atom stereocenters. The van der Waals surface area contributed by atoms with Crippen LogP contribution < -0.4 is 16.4 Å². The van der Waals surface area contributed by atoms with Gasteiger partial charge in [-0.3, -0.25) is 14.4 Å². The number of benzene rings is 1. The molecule has 5 N–H and O–H groups in total. The molecule has 1 saturated heterocycles. The van der Waals surface area contributed by atoms with Gasteiger partial charge in [-0.15, -0.1) is 0 Å². The molecule has 20 heavy (non-hydrogen) atoms. The first-order valence-corrected chi connectivity index (χ1v) is 6.09. The van der Waals surface area contributed by atoms with Crippen LogP contribution in [0.5, 0.6) is 0 Å². The van der Waals surface area contributed by atoms with Gasteiger partial charge in [-0.05, 0) is 12.0 Å². The molecule has 7 heteroatoms. The molecule has 1 aliphatic rings. The van der Waals surface area contributed by atoms with E-state index in [0.717, 1.165) is 5.56 Å². The number of nitrogens with one attached hydrogen (secondary N) is 2. The van der Waals surface area contributed by atoms with Crippen molar-refractivity contribution >= 4 is 17.8 Å². The van der Waals surface area contributed by atoms with Crippen LogP contribution >= 0.6 is 0 Å². The Morgan fingerprint density at radius 3 is 2.05 bits per heavy atom. The number of aliphatic carboxylic acids is 1. The van der Waals surface area contributed by atoms with E-state index >= 15 is 0 Å². The molecule has 1 aromatic carbocycles. The number of carboxylic acid groups (broad SMARTS) is 1. The average Bonchev–Trinajstić information content (AvgIpc) is 2.44. The number of nitrogens with two attached hydrogens (primary N) is 1. The molecule has 2 amide bonds. The van der Waals surface area contributed by atoms with Crippen molar-refractivity contribution in [2.75, 3.05) is 13.1 Å². The molecule has 0 radical (unpaired) electrons. The third-order valence-electron chi connectivity index (χ3n) is 2.52. The highest BCUT2D eigenvalue weighted by Crippen LogP contribution is 2.01. The summed E-state index contributed by atoms with van der Waals surface area (Å²) in [6, 6.07) is 8.54. The first-order chi connectivity index (χ1) is 9.50. The molecule has 1 aromatic rings. The molecule has 1 atom stereocenters. The number of piperazine rings is 1. The minimum atomic E-state index is -0.959. The molecule has 7 nitrogen and oxygen atoms in total. The fourth-order valence-corrected chi connectivity index (χ4v) is 1.47.